The molecule has 0 aliphatic carbocycles. The number of aryl methyl sites for hydroxylation is 1. The first-order chi connectivity index (χ1) is 8.87. The number of nitrogens with two attached hydrogens (primary N) is 1. The van der Waals surface area contributed by atoms with Crippen molar-refractivity contribution in [3.8, 4) is 5.75 Å². The Hall–Kier alpha value is -1.06. The molecule has 0 fully saturated rings. The van der Waals surface area contributed by atoms with E-state index in [1.807, 2.05) is 14.0 Å². The fourth-order valence-corrected chi connectivity index (χ4v) is 2.20. The van der Waals surface area contributed by atoms with Crippen LogP contribution in [0.4, 0.5) is 0 Å². The van der Waals surface area contributed by atoms with Crippen LogP contribution in [0, 0.1) is 6.92 Å². The van der Waals surface area contributed by atoms with E-state index < -0.39 is 0 Å². The molecule has 0 saturated heterocycles. The lowest BCUT2D eigenvalue weighted by Gasteiger charge is -2.24. The summed E-state index contributed by atoms with van der Waals surface area (Å²) in [4.78, 5) is 0. The minimum Gasteiger partial charge on any atom is -0.494 e. The van der Waals surface area contributed by atoms with Crippen molar-refractivity contribution < 1.29 is 4.74 Å². The summed E-state index contributed by atoms with van der Waals surface area (Å²) in [5, 5.41) is 3.37. The molecule has 0 bridgehead atoms. The third-order valence-corrected chi connectivity index (χ3v) is 3.33. The van der Waals surface area contributed by atoms with E-state index in [0.717, 1.165) is 18.6 Å². The van der Waals surface area contributed by atoms with Crippen LogP contribution in [0.5, 0.6) is 5.75 Å². The summed E-state index contributed by atoms with van der Waals surface area (Å²) >= 11 is 0. The maximum atomic E-state index is 6.06. The van der Waals surface area contributed by atoms with Gasteiger partial charge in [0.15, 0.2) is 0 Å². The summed E-state index contributed by atoms with van der Waals surface area (Å²) in [6.07, 6.45) is 2.03. The minimum atomic E-state index is -0.116. The lowest BCUT2D eigenvalue weighted by atomic mass is 9.93. The number of nitrogens with one attached hydrogen (secondary N) is 1. The number of hydrogen-bond acceptors (Lipinski definition) is 3. The smallest absolute Gasteiger partial charge is 0.122 e. The van der Waals surface area contributed by atoms with Crippen LogP contribution in [0.2, 0.25) is 0 Å². The van der Waals surface area contributed by atoms with Crippen molar-refractivity contribution in [3.05, 3.63) is 29.3 Å². The highest BCUT2D eigenvalue weighted by molar-refractivity contribution is 5.37. The standard InChI is InChI=1S/C16H28N2O/c1-6-19-15-8-7-13(11-12(15)2)14(18-5)9-10-16(3,4)17/h7-8,11,14,18H,6,9-10,17H2,1-5H3. The third-order valence-electron chi connectivity index (χ3n) is 3.33. The Bertz CT molecular complexity index is 396. The third kappa shape index (κ3) is 5.21. The molecule has 1 unspecified atom stereocenters. The molecule has 0 aromatic heterocycles. The predicted molar refractivity (Wildman–Crippen MR) is 81.6 cm³/mol. The summed E-state index contributed by atoms with van der Waals surface area (Å²) in [5.41, 5.74) is 8.43. The van der Waals surface area contributed by atoms with Crippen LogP contribution < -0.4 is 15.8 Å². The average molecular weight is 264 g/mol. The van der Waals surface area contributed by atoms with Gasteiger partial charge in [-0.15, -0.1) is 0 Å². The van der Waals surface area contributed by atoms with Crippen molar-refractivity contribution >= 4 is 0 Å². The molecule has 19 heavy (non-hydrogen) atoms. The molecule has 108 valence electrons. The zero-order chi connectivity index (χ0) is 14.5. The van der Waals surface area contributed by atoms with Gasteiger partial charge >= 0.3 is 0 Å². The number of rotatable bonds is 7. The summed E-state index contributed by atoms with van der Waals surface area (Å²) in [5.74, 6) is 0.972. The number of hydrogen-bond donors (Lipinski definition) is 2. The monoisotopic (exact) mass is 264 g/mol. The van der Waals surface area contributed by atoms with Crippen LogP contribution in [0.1, 0.15) is 50.8 Å². The molecule has 1 atom stereocenters. The van der Waals surface area contributed by atoms with Gasteiger partial charge in [-0.25, -0.2) is 0 Å². The largest absolute Gasteiger partial charge is 0.494 e. The van der Waals surface area contributed by atoms with Crippen molar-refractivity contribution in [2.24, 2.45) is 5.73 Å². The summed E-state index contributed by atoms with van der Waals surface area (Å²) in [6, 6.07) is 6.75. The van der Waals surface area contributed by atoms with E-state index in [-0.39, 0.29) is 5.54 Å². The van der Waals surface area contributed by atoms with Crippen LogP contribution in [0.15, 0.2) is 18.2 Å². The quantitative estimate of drug-likeness (QED) is 0.795. The van der Waals surface area contributed by atoms with Gasteiger partial charge in [-0.2, -0.15) is 0 Å². The second-order valence-corrected chi connectivity index (χ2v) is 5.83. The predicted octanol–water partition coefficient (Wildman–Crippen LogP) is 3.17. The molecule has 1 aromatic carbocycles. The number of benzene rings is 1. The van der Waals surface area contributed by atoms with Crippen LogP contribution in [0.25, 0.3) is 0 Å². The van der Waals surface area contributed by atoms with Crippen LogP contribution in [-0.2, 0) is 0 Å². The highest BCUT2D eigenvalue weighted by Gasteiger charge is 2.16. The topological polar surface area (TPSA) is 47.3 Å². The Labute approximate surface area is 117 Å². The second kappa shape index (κ2) is 6.92. The van der Waals surface area contributed by atoms with E-state index in [0.29, 0.717) is 12.6 Å². The molecule has 0 aliphatic heterocycles. The zero-order valence-corrected chi connectivity index (χ0v) is 12.9. The first-order valence-electron chi connectivity index (χ1n) is 7.07. The first-order valence-corrected chi connectivity index (χ1v) is 7.07. The maximum absolute atomic E-state index is 6.06. The van der Waals surface area contributed by atoms with Gasteiger partial charge in [-0.05, 0) is 64.8 Å². The van der Waals surface area contributed by atoms with Crippen molar-refractivity contribution in [1.82, 2.24) is 5.32 Å². The Kier molecular flexibility index (Phi) is 5.83. The molecule has 1 rings (SSSR count). The molecule has 3 nitrogen and oxygen atoms in total. The highest BCUT2D eigenvalue weighted by Crippen LogP contribution is 2.26. The van der Waals surface area contributed by atoms with E-state index >= 15 is 0 Å². The summed E-state index contributed by atoms with van der Waals surface area (Å²) in [6.45, 7) is 8.95. The van der Waals surface area contributed by atoms with Gasteiger partial charge < -0.3 is 15.8 Å². The Morgan fingerprint density at radius 3 is 2.53 bits per heavy atom. The van der Waals surface area contributed by atoms with E-state index in [1.54, 1.807) is 0 Å². The van der Waals surface area contributed by atoms with Crippen molar-refractivity contribution in [3.63, 3.8) is 0 Å². The van der Waals surface area contributed by atoms with Crippen molar-refractivity contribution in [2.45, 2.75) is 52.1 Å². The Morgan fingerprint density at radius 1 is 1.37 bits per heavy atom. The molecule has 0 saturated carbocycles. The minimum absolute atomic E-state index is 0.116. The molecule has 0 radical (unpaired) electrons. The van der Waals surface area contributed by atoms with Gasteiger partial charge in [-0.1, -0.05) is 12.1 Å². The van der Waals surface area contributed by atoms with Crippen molar-refractivity contribution in [1.29, 1.82) is 0 Å². The van der Waals surface area contributed by atoms with Gasteiger partial charge in [0.05, 0.1) is 6.61 Å². The molecule has 0 aliphatic rings. The van der Waals surface area contributed by atoms with Crippen LogP contribution >= 0.6 is 0 Å². The van der Waals surface area contributed by atoms with E-state index in [1.165, 1.54) is 11.1 Å². The normalized spacial score (nSPS) is 13.4. The molecule has 3 N–H and O–H groups in total. The SMILES string of the molecule is CCOc1ccc(C(CCC(C)(C)N)NC)cc1C. The molecule has 3 heteroatoms. The lowest BCUT2D eigenvalue weighted by Crippen LogP contribution is -2.33. The fraction of sp³-hybridized carbons (Fsp3) is 0.625. The summed E-state index contributed by atoms with van der Waals surface area (Å²) in [7, 11) is 2.00. The van der Waals surface area contributed by atoms with Crippen LogP contribution in [-0.4, -0.2) is 19.2 Å². The summed E-state index contributed by atoms with van der Waals surface area (Å²) < 4.78 is 5.58. The Balaban J connectivity index is 2.78. The lowest BCUT2D eigenvalue weighted by molar-refractivity contribution is 0.337. The van der Waals surface area contributed by atoms with Gasteiger partial charge in [0.2, 0.25) is 0 Å². The van der Waals surface area contributed by atoms with E-state index in [4.69, 9.17) is 10.5 Å². The van der Waals surface area contributed by atoms with Gasteiger partial charge in [0, 0.05) is 11.6 Å². The molecule has 0 heterocycles. The van der Waals surface area contributed by atoms with Gasteiger partial charge in [0.1, 0.15) is 5.75 Å². The first kappa shape index (κ1) is 16.0. The highest BCUT2D eigenvalue weighted by atomic mass is 16.5. The average Bonchev–Trinajstić information content (AvgIpc) is 2.32. The van der Waals surface area contributed by atoms with E-state index in [9.17, 15) is 0 Å². The zero-order valence-electron chi connectivity index (χ0n) is 12.9. The van der Waals surface area contributed by atoms with Crippen molar-refractivity contribution in [2.75, 3.05) is 13.7 Å². The molecule has 1 aromatic rings. The maximum Gasteiger partial charge on any atom is 0.122 e. The van der Waals surface area contributed by atoms with Crippen LogP contribution in [0.3, 0.4) is 0 Å². The number of ether oxygens (including phenoxy) is 1. The molecular weight excluding hydrogens is 236 g/mol. The van der Waals surface area contributed by atoms with Gasteiger partial charge in [-0.3, -0.25) is 0 Å². The van der Waals surface area contributed by atoms with Gasteiger partial charge in [0.25, 0.3) is 0 Å². The second-order valence-electron chi connectivity index (χ2n) is 5.83. The van der Waals surface area contributed by atoms with E-state index in [2.05, 4.69) is 44.3 Å². The molecule has 0 amide bonds. The fourth-order valence-electron chi connectivity index (χ4n) is 2.20. The Morgan fingerprint density at radius 2 is 2.05 bits per heavy atom. The molecular formula is C16H28N2O. The molecule has 0 spiro atoms.